The Morgan fingerprint density at radius 3 is 2.42 bits per heavy atom. The smallest absolute Gasteiger partial charge is 0.0105 e. The molecule has 12 heavy (non-hydrogen) atoms. The van der Waals surface area contributed by atoms with Crippen LogP contribution < -0.4 is 5.73 Å². The van der Waals surface area contributed by atoms with Gasteiger partial charge in [-0.2, -0.15) is 11.8 Å². The summed E-state index contributed by atoms with van der Waals surface area (Å²) in [6, 6.07) is 0.663. The summed E-state index contributed by atoms with van der Waals surface area (Å²) in [6.45, 7) is 7.84. The Balaban J connectivity index is 2.33. The molecule has 1 fully saturated rings. The Labute approximate surface area is 79.9 Å². The monoisotopic (exact) mass is 188 g/mol. The summed E-state index contributed by atoms with van der Waals surface area (Å²) in [4.78, 5) is 2.56. The van der Waals surface area contributed by atoms with Gasteiger partial charge in [0.1, 0.15) is 0 Å². The van der Waals surface area contributed by atoms with Crippen molar-refractivity contribution in [1.82, 2.24) is 4.90 Å². The lowest BCUT2D eigenvalue weighted by Crippen LogP contribution is -2.44. The summed E-state index contributed by atoms with van der Waals surface area (Å²) in [5.41, 5.74) is 5.65. The van der Waals surface area contributed by atoms with Crippen LogP contribution in [-0.4, -0.2) is 42.1 Å². The van der Waals surface area contributed by atoms with E-state index in [1.807, 2.05) is 0 Å². The molecule has 0 aromatic heterocycles. The first kappa shape index (κ1) is 10.4. The van der Waals surface area contributed by atoms with E-state index in [9.17, 15) is 0 Å². The first-order valence-electron chi connectivity index (χ1n) is 4.77. The minimum Gasteiger partial charge on any atom is -0.330 e. The van der Waals surface area contributed by atoms with Crippen molar-refractivity contribution in [3.8, 4) is 0 Å². The molecule has 0 aliphatic carbocycles. The molecule has 0 radical (unpaired) electrons. The number of nitrogens with two attached hydrogens (primary N) is 1. The lowest BCUT2D eigenvalue weighted by molar-refractivity contribution is 0.180. The second-order valence-corrected chi connectivity index (χ2v) is 4.83. The van der Waals surface area contributed by atoms with Crippen LogP contribution in [0, 0.1) is 5.92 Å². The molecule has 2 N–H and O–H groups in total. The highest BCUT2D eigenvalue weighted by molar-refractivity contribution is 7.99. The van der Waals surface area contributed by atoms with E-state index in [-0.39, 0.29) is 0 Å². The fourth-order valence-corrected chi connectivity index (χ4v) is 2.47. The zero-order chi connectivity index (χ0) is 8.97. The van der Waals surface area contributed by atoms with Crippen LogP contribution in [0.5, 0.6) is 0 Å². The van der Waals surface area contributed by atoms with Gasteiger partial charge in [-0.1, -0.05) is 6.92 Å². The van der Waals surface area contributed by atoms with E-state index in [4.69, 9.17) is 5.73 Å². The molecule has 0 amide bonds. The van der Waals surface area contributed by atoms with Gasteiger partial charge in [0.15, 0.2) is 0 Å². The molecule has 2 nitrogen and oxygen atoms in total. The molecule has 0 bridgehead atoms. The standard InChI is InChI=1S/C9H20N2S/c1-8(7-10)9(2)11-3-5-12-6-4-11/h8-9H,3-7,10H2,1-2H3. The van der Waals surface area contributed by atoms with E-state index < -0.39 is 0 Å². The number of rotatable bonds is 3. The topological polar surface area (TPSA) is 29.3 Å². The maximum absolute atomic E-state index is 5.65. The van der Waals surface area contributed by atoms with Crippen molar-refractivity contribution in [3.63, 3.8) is 0 Å². The highest BCUT2D eigenvalue weighted by atomic mass is 32.2. The second-order valence-electron chi connectivity index (χ2n) is 3.60. The summed E-state index contributed by atoms with van der Waals surface area (Å²) < 4.78 is 0. The van der Waals surface area contributed by atoms with Crippen LogP contribution in [0.15, 0.2) is 0 Å². The molecular formula is C9H20N2S. The maximum atomic E-state index is 5.65. The van der Waals surface area contributed by atoms with Gasteiger partial charge in [0.2, 0.25) is 0 Å². The number of hydrogen-bond donors (Lipinski definition) is 1. The van der Waals surface area contributed by atoms with Crippen LogP contribution in [0.3, 0.4) is 0 Å². The summed E-state index contributed by atoms with van der Waals surface area (Å²) in [5, 5.41) is 0. The number of thioether (sulfide) groups is 1. The van der Waals surface area contributed by atoms with Gasteiger partial charge < -0.3 is 5.73 Å². The minimum absolute atomic E-state index is 0.632. The zero-order valence-electron chi connectivity index (χ0n) is 8.12. The van der Waals surface area contributed by atoms with Crippen LogP contribution in [0.25, 0.3) is 0 Å². The van der Waals surface area contributed by atoms with E-state index in [1.54, 1.807) is 0 Å². The van der Waals surface area contributed by atoms with Crippen molar-refractivity contribution in [2.75, 3.05) is 31.1 Å². The zero-order valence-corrected chi connectivity index (χ0v) is 8.94. The van der Waals surface area contributed by atoms with Gasteiger partial charge in [-0.05, 0) is 19.4 Å². The van der Waals surface area contributed by atoms with Crippen LogP contribution in [0.2, 0.25) is 0 Å². The lowest BCUT2D eigenvalue weighted by atomic mass is 10.0. The first-order chi connectivity index (χ1) is 5.75. The Bertz CT molecular complexity index is 124. The van der Waals surface area contributed by atoms with Gasteiger partial charge in [-0.3, -0.25) is 4.90 Å². The Hall–Kier alpha value is 0.270. The molecule has 0 aromatic rings. The van der Waals surface area contributed by atoms with E-state index in [0.29, 0.717) is 12.0 Å². The Morgan fingerprint density at radius 1 is 1.33 bits per heavy atom. The average Bonchev–Trinajstić information content (AvgIpc) is 2.17. The SMILES string of the molecule is CC(CN)C(C)N1CCSCC1. The minimum atomic E-state index is 0.632. The molecule has 1 rings (SSSR count). The van der Waals surface area contributed by atoms with Crippen LogP contribution >= 0.6 is 11.8 Å². The number of hydrogen-bond acceptors (Lipinski definition) is 3. The molecule has 1 heterocycles. The quantitative estimate of drug-likeness (QED) is 0.717. The molecule has 0 spiro atoms. The molecule has 0 saturated carbocycles. The molecule has 1 aliphatic heterocycles. The average molecular weight is 188 g/mol. The number of nitrogens with zero attached hydrogens (tertiary/aromatic N) is 1. The summed E-state index contributed by atoms with van der Waals surface area (Å²) in [6.07, 6.45) is 0. The predicted octanol–water partition coefficient (Wildman–Crippen LogP) is 1.02. The highest BCUT2D eigenvalue weighted by Crippen LogP contribution is 2.16. The third-order valence-electron chi connectivity index (χ3n) is 2.82. The Morgan fingerprint density at radius 2 is 1.92 bits per heavy atom. The van der Waals surface area contributed by atoms with E-state index in [1.165, 1.54) is 24.6 Å². The maximum Gasteiger partial charge on any atom is 0.0105 e. The normalized spacial score (nSPS) is 25.2. The molecule has 3 heteroatoms. The van der Waals surface area contributed by atoms with Gasteiger partial charge in [0.25, 0.3) is 0 Å². The summed E-state index contributed by atoms with van der Waals surface area (Å²) in [5.74, 6) is 3.22. The first-order valence-corrected chi connectivity index (χ1v) is 5.93. The fourth-order valence-electron chi connectivity index (χ4n) is 1.54. The summed E-state index contributed by atoms with van der Waals surface area (Å²) >= 11 is 2.06. The molecular weight excluding hydrogens is 168 g/mol. The Kier molecular flexibility index (Phi) is 4.40. The molecule has 1 saturated heterocycles. The third-order valence-corrected chi connectivity index (χ3v) is 3.76. The molecule has 0 aromatic carbocycles. The lowest BCUT2D eigenvalue weighted by Gasteiger charge is -2.35. The van der Waals surface area contributed by atoms with E-state index in [2.05, 4.69) is 30.5 Å². The van der Waals surface area contributed by atoms with Gasteiger partial charge in [0.05, 0.1) is 0 Å². The predicted molar refractivity (Wildman–Crippen MR) is 56.6 cm³/mol. The van der Waals surface area contributed by atoms with E-state index in [0.717, 1.165) is 6.54 Å². The third kappa shape index (κ3) is 2.64. The highest BCUT2D eigenvalue weighted by Gasteiger charge is 2.20. The van der Waals surface area contributed by atoms with Crippen molar-refractivity contribution in [1.29, 1.82) is 0 Å². The fraction of sp³-hybridized carbons (Fsp3) is 1.00. The van der Waals surface area contributed by atoms with Gasteiger partial charge >= 0.3 is 0 Å². The van der Waals surface area contributed by atoms with Gasteiger partial charge in [-0.25, -0.2) is 0 Å². The van der Waals surface area contributed by atoms with Crippen molar-refractivity contribution >= 4 is 11.8 Å². The van der Waals surface area contributed by atoms with Gasteiger partial charge in [-0.15, -0.1) is 0 Å². The molecule has 2 atom stereocenters. The van der Waals surface area contributed by atoms with Crippen molar-refractivity contribution in [2.45, 2.75) is 19.9 Å². The largest absolute Gasteiger partial charge is 0.330 e. The molecule has 72 valence electrons. The second kappa shape index (κ2) is 5.10. The van der Waals surface area contributed by atoms with Crippen molar-refractivity contribution in [2.24, 2.45) is 11.7 Å². The van der Waals surface area contributed by atoms with Gasteiger partial charge in [0, 0.05) is 30.6 Å². The van der Waals surface area contributed by atoms with Crippen LogP contribution in [-0.2, 0) is 0 Å². The van der Waals surface area contributed by atoms with Crippen molar-refractivity contribution in [3.05, 3.63) is 0 Å². The molecule has 1 aliphatic rings. The molecule has 2 unspecified atom stereocenters. The van der Waals surface area contributed by atoms with E-state index >= 15 is 0 Å². The van der Waals surface area contributed by atoms with Crippen LogP contribution in [0.4, 0.5) is 0 Å². The van der Waals surface area contributed by atoms with Crippen molar-refractivity contribution < 1.29 is 0 Å². The summed E-state index contributed by atoms with van der Waals surface area (Å²) in [7, 11) is 0. The van der Waals surface area contributed by atoms with Crippen LogP contribution in [0.1, 0.15) is 13.8 Å².